The van der Waals surface area contributed by atoms with Crippen LogP contribution in [0.2, 0.25) is 5.15 Å². The van der Waals surface area contributed by atoms with E-state index in [1.807, 2.05) is 19.1 Å². The standard InChI is InChI=1S/C18H20ClN3O4S/c1-12-7-9-13(10-8-12)21-22-16(17(23)26-18(2,3)4)27(24,25)14-6-5-11-20-15(14)19/h5-11,21H,1-4H3/b22-16+. The van der Waals surface area contributed by atoms with E-state index in [0.717, 1.165) is 5.56 Å². The number of esters is 1. The number of anilines is 1. The Hall–Kier alpha value is -2.45. The van der Waals surface area contributed by atoms with E-state index in [1.54, 1.807) is 32.9 Å². The van der Waals surface area contributed by atoms with E-state index < -0.39 is 26.5 Å². The lowest BCUT2D eigenvalue weighted by Gasteiger charge is -2.20. The number of carbonyl (C=O) groups excluding carboxylic acids is 1. The Morgan fingerprint density at radius 2 is 1.81 bits per heavy atom. The molecule has 7 nitrogen and oxygen atoms in total. The van der Waals surface area contributed by atoms with Gasteiger partial charge in [-0.2, -0.15) is 5.10 Å². The predicted octanol–water partition coefficient (Wildman–Crippen LogP) is 3.58. The van der Waals surface area contributed by atoms with Crippen molar-refractivity contribution in [1.29, 1.82) is 0 Å². The zero-order valence-corrected chi connectivity index (χ0v) is 16.9. The van der Waals surface area contributed by atoms with E-state index in [0.29, 0.717) is 5.69 Å². The summed E-state index contributed by atoms with van der Waals surface area (Å²) in [7, 11) is -4.36. The van der Waals surface area contributed by atoms with Gasteiger partial charge in [0.2, 0.25) is 9.84 Å². The molecule has 0 unspecified atom stereocenters. The van der Waals surface area contributed by atoms with Crippen LogP contribution in [0.1, 0.15) is 26.3 Å². The number of hydrogen-bond donors (Lipinski definition) is 1. The fraction of sp³-hybridized carbons (Fsp3) is 0.278. The van der Waals surface area contributed by atoms with Crippen molar-refractivity contribution in [2.24, 2.45) is 5.10 Å². The number of nitrogens with zero attached hydrogens (tertiary/aromatic N) is 2. The zero-order valence-electron chi connectivity index (χ0n) is 15.4. The number of halogens is 1. The highest BCUT2D eigenvalue weighted by Gasteiger charge is 2.35. The minimum Gasteiger partial charge on any atom is -0.455 e. The number of pyridine rings is 1. The first kappa shape index (κ1) is 20.9. The molecule has 1 heterocycles. The number of rotatable bonds is 3. The second kappa shape index (κ2) is 8.06. The molecule has 0 aliphatic carbocycles. The van der Waals surface area contributed by atoms with Gasteiger partial charge in [-0.3, -0.25) is 5.43 Å². The number of sulfone groups is 1. The van der Waals surface area contributed by atoms with E-state index in [-0.39, 0.29) is 10.0 Å². The van der Waals surface area contributed by atoms with Crippen LogP contribution in [-0.2, 0) is 19.4 Å². The van der Waals surface area contributed by atoms with Gasteiger partial charge in [-0.05, 0) is 52.0 Å². The number of aryl methyl sites for hydroxylation is 1. The second-order valence-corrected chi connectivity index (χ2v) is 8.88. The number of hydrogen-bond acceptors (Lipinski definition) is 7. The molecule has 0 aliphatic rings. The van der Waals surface area contributed by atoms with Crippen LogP contribution in [-0.4, -0.2) is 30.0 Å². The first-order valence-electron chi connectivity index (χ1n) is 8.00. The number of ether oxygens (including phenoxy) is 1. The van der Waals surface area contributed by atoms with Gasteiger partial charge in [0.05, 0.1) is 5.69 Å². The molecule has 1 N–H and O–H groups in total. The Morgan fingerprint density at radius 3 is 2.37 bits per heavy atom. The molecule has 144 valence electrons. The molecule has 0 saturated carbocycles. The van der Waals surface area contributed by atoms with Crippen molar-refractivity contribution in [3.63, 3.8) is 0 Å². The predicted molar refractivity (Wildman–Crippen MR) is 105 cm³/mol. The Balaban J connectivity index is 2.49. The van der Waals surface area contributed by atoms with Crippen molar-refractivity contribution in [2.75, 3.05) is 5.43 Å². The maximum absolute atomic E-state index is 13.0. The van der Waals surface area contributed by atoms with Gasteiger partial charge in [0, 0.05) is 6.20 Å². The highest BCUT2D eigenvalue weighted by atomic mass is 35.5. The highest BCUT2D eigenvalue weighted by molar-refractivity contribution is 8.08. The number of carbonyl (C=O) groups is 1. The summed E-state index contributed by atoms with van der Waals surface area (Å²) in [5, 5.41) is 2.74. The molecule has 0 amide bonds. The van der Waals surface area contributed by atoms with Crippen molar-refractivity contribution in [3.05, 3.63) is 53.3 Å². The van der Waals surface area contributed by atoms with Gasteiger partial charge in [-0.25, -0.2) is 18.2 Å². The van der Waals surface area contributed by atoms with Crippen LogP contribution in [0, 0.1) is 6.92 Å². The number of aromatic nitrogens is 1. The highest BCUT2D eigenvalue weighted by Crippen LogP contribution is 2.22. The Morgan fingerprint density at radius 1 is 1.19 bits per heavy atom. The van der Waals surface area contributed by atoms with Crippen molar-refractivity contribution in [1.82, 2.24) is 4.98 Å². The number of hydrazone groups is 1. The van der Waals surface area contributed by atoms with E-state index >= 15 is 0 Å². The molecule has 1 aromatic heterocycles. The summed E-state index contributed by atoms with van der Waals surface area (Å²) in [5.74, 6) is -1.10. The van der Waals surface area contributed by atoms with Crippen molar-refractivity contribution < 1.29 is 17.9 Å². The lowest BCUT2D eigenvalue weighted by atomic mass is 10.2. The number of nitrogens with one attached hydrogen (secondary N) is 1. The summed E-state index contributed by atoms with van der Waals surface area (Å²) in [6, 6.07) is 9.69. The minimum absolute atomic E-state index is 0.260. The fourth-order valence-corrected chi connectivity index (χ4v) is 3.55. The molecule has 0 aliphatic heterocycles. The Labute approximate surface area is 163 Å². The van der Waals surface area contributed by atoms with Crippen LogP contribution in [0.5, 0.6) is 0 Å². The van der Waals surface area contributed by atoms with Gasteiger partial charge in [-0.1, -0.05) is 29.3 Å². The third-order valence-electron chi connectivity index (χ3n) is 3.18. The average molecular weight is 410 g/mol. The van der Waals surface area contributed by atoms with Gasteiger partial charge < -0.3 is 4.74 Å². The van der Waals surface area contributed by atoms with Crippen LogP contribution in [0.25, 0.3) is 0 Å². The maximum atomic E-state index is 13.0. The second-order valence-electron chi connectivity index (χ2n) is 6.69. The Kier molecular flexibility index (Phi) is 6.22. The average Bonchev–Trinajstić information content (AvgIpc) is 2.55. The topological polar surface area (TPSA) is 97.7 Å². The van der Waals surface area contributed by atoms with E-state index in [2.05, 4.69) is 15.5 Å². The summed E-state index contributed by atoms with van der Waals surface area (Å²) in [6.07, 6.45) is 1.34. The molecule has 0 atom stereocenters. The normalized spacial score (nSPS) is 12.6. The Bertz CT molecular complexity index is 965. The largest absolute Gasteiger partial charge is 0.455 e. The zero-order chi connectivity index (χ0) is 20.2. The molecule has 9 heteroatoms. The summed E-state index contributed by atoms with van der Waals surface area (Å²) >= 11 is 5.91. The molecule has 0 spiro atoms. The first-order chi connectivity index (χ1) is 12.5. The minimum atomic E-state index is -4.36. The lowest BCUT2D eigenvalue weighted by Crippen LogP contribution is -2.34. The number of benzene rings is 1. The first-order valence-corrected chi connectivity index (χ1v) is 9.86. The van der Waals surface area contributed by atoms with Gasteiger partial charge in [0.1, 0.15) is 15.6 Å². The van der Waals surface area contributed by atoms with Crippen molar-refractivity contribution in [3.8, 4) is 0 Å². The van der Waals surface area contributed by atoms with Gasteiger partial charge in [-0.15, -0.1) is 0 Å². The van der Waals surface area contributed by atoms with E-state index in [1.165, 1.54) is 18.3 Å². The summed E-state index contributed by atoms with van der Waals surface area (Å²) in [4.78, 5) is 15.9. The molecule has 2 rings (SSSR count). The molecule has 0 radical (unpaired) electrons. The molecule has 0 fully saturated rings. The van der Waals surface area contributed by atoms with Crippen LogP contribution in [0.4, 0.5) is 5.69 Å². The molecular formula is C18H20ClN3O4S. The molecule has 2 aromatic rings. The van der Waals surface area contributed by atoms with Crippen LogP contribution < -0.4 is 5.43 Å². The lowest BCUT2D eigenvalue weighted by molar-refractivity contribution is -0.145. The maximum Gasteiger partial charge on any atom is 0.371 e. The van der Waals surface area contributed by atoms with Crippen molar-refractivity contribution >= 4 is 38.1 Å². The molecule has 1 aromatic carbocycles. The van der Waals surface area contributed by atoms with Crippen LogP contribution in [0.15, 0.2) is 52.6 Å². The van der Waals surface area contributed by atoms with Crippen LogP contribution >= 0.6 is 11.6 Å². The van der Waals surface area contributed by atoms with Gasteiger partial charge in [0.25, 0.3) is 5.04 Å². The van der Waals surface area contributed by atoms with Gasteiger partial charge >= 0.3 is 5.97 Å². The SMILES string of the molecule is Cc1ccc(N/N=C(\C(=O)OC(C)(C)C)S(=O)(=O)c2cccnc2Cl)cc1. The van der Waals surface area contributed by atoms with Crippen molar-refractivity contribution in [2.45, 2.75) is 38.2 Å². The fourth-order valence-electron chi connectivity index (χ4n) is 1.96. The molecule has 0 bridgehead atoms. The van der Waals surface area contributed by atoms with E-state index in [4.69, 9.17) is 16.3 Å². The summed E-state index contributed by atoms with van der Waals surface area (Å²) < 4.78 is 31.1. The quantitative estimate of drug-likeness (QED) is 0.273. The summed E-state index contributed by atoms with van der Waals surface area (Å²) in [6.45, 7) is 6.78. The summed E-state index contributed by atoms with van der Waals surface area (Å²) in [5.41, 5.74) is 3.20. The van der Waals surface area contributed by atoms with Crippen LogP contribution in [0.3, 0.4) is 0 Å². The molecule has 0 saturated heterocycles. The van der Waals surface area contributed by atoms with Gasteiger partial charge in [0.15, 0.2) is 0 Å². The molecular weight excluding hydrogens is 390 g/mol. The monoisotopic (exact) mass is 409 g/mol. The molecule has 27 heavy (non-hydrogen) atoms. The smallest absolute Gasteiger partial charge is 0.371 e. The third-order valence-corrected chi connectivity index (χ3v) is 5.27. The third kappa shape index (κ3) is 5.51. The van der Waals surface area contributed by atoms with E-state index in [9.17, 15) is 13.2 Å².